The average Bonchev–Trinajstić information content (AvgIpc) is 2.38. The minimum atomic E-state index is -3.57. The number of rotatable bonds is 3. The summed E-state index contributed by atoms with van der Waals surface area (Å²) in [5.41, 5.74) is 1.55. The summed E-state index contributed by atoms with van der Waals surface area (Å²) in [6, 6.07) is 10.3. The molecule has 2 rings (SSSR count). The SMILES string of the molecule is CC(C)(C)c1ccc(S(=O)(=O)Nc2cccnc2)cc1. The fourth-order valence-corrected chi connectivity index (χ4v) is 2.81. The molecular formula is C15H18N2O2S. The van der Waals surface area contributed by atoms with Crippen molar-refractivity contribution < 1.29 is 8.42 Å². The van der Waals surface area contributed by atoms with Gasteiger partial charge in [-0.1, -0.05) is 32.9 Å². The van der Waals surface area contributed by atoms with E-state index in [1.54, 1.807) is 30.5 Å². The second kappa shape index (κ2) is 5.25. The number of pyridine rings is 1. The zero-order chi connectivity index (χ0) is 14.8. The Hall–Kier alpha value is -1.88. The van der Waals surface area contributed by atoms with Gasteiger partial charge in [0.2, 0.25) is 0 Å². The molecule has 0 saturated carbocycles. The van der Waals surface area contributed by atoms with Crippen LogP contribution in [0.3, 0.4) is 0 Å². The number of benzene rings is 1. The molecular weight excluding hydrogens is 272 g/mol. The van der Waals surface area contributed by atoms with Crippen LogP contribution in [0.1, 0.15) is 26.3 Å². The molecule has 1 aromatic carbocycles. The molecule has 0 aliphatic rings. The fourth-order valence-electron chi connectivity index (χ4n) is 1.77. The third kappa shape index (κ3) is 3.36. The summed E-state index contributed by atoms with van der Waals surface area (Å²) >= 11 is 0. The molecule has 1 heterocycles. The van der Waals surface area contributed by atoms with Gasteiger partial charge in [0.1, 0.15) is 0 Å². The molecule has 0 aliphatic heterocycles. The highest BCUT2D eigenvalue weighted by atomic mass is 32.2. The first kappa shape index (κ1) is 14.5. The van der Waals surface area contributed by atoms with Crippen LogP contribution in [-0.4, -0.2) is 13.4 Å². The van der Waals surface area contributed by atoms with Crippen molar-refractivity contribution in [1.82, 2.24) is 4.98 Å². The zero-order valence-electron chi connectivity index (χ0n) is 11.8. The molecule has 0 radical (unpaired) electrons. The fraction of sp³-hybridized carbons (Fsp3) is 0.267. The van der Waals surface area contributed by atoms with Crippen LogP contribution in [0.2, 0.25) is 0 Å². The second-order valence-corrected chi connectivity index (χ2v) is 7.30. The molecule has 2 aromatic rings. The third-order valence-electron chi connectivity index (χ3n) is 2.94. The predicted octanol–water partition coefficient (Wildman–Crippen LogP) is 3.18. The van der Waals surface area contributed by atoms with Crippen molar-refractivity contribution in [3.05, 3.63) is 54.4 Å². The summed E-state index contributed by atoms with van der Waals surface area (Å²) in [4.78, 5) is 4.13. The molecule has 0 bridgehead atoms. The Bertz CT molecular complexity index is 672. The smallest absolute Gasteiger partial charge is 0.261 e. The van der Waals surface area contributed by atoms with E-state index >= 15 is 0 Å². The topological polar surface area (TPSA) is 59.1 Å². The standard InChI is InChI=1S/C15H18N2O2S/c1-15(2,3)12-6-8-14(9-7-12)20(18,19)17-13-5-4-10-16-11-13/h4-11,17H,1-3H3. The first-order valence-corrected chi connectivity index (χ1v) is 7.81. The molecule has 0 spiro atoms. The van der Waals surface area contributed by atoms with Crippen molar-refractivity contribution in [1.29, 1.82) is 0 Å². The van der Waals surface area contributed by atoms with Gasteiger partial charge in [-0.15, -0.1) is 0 Å². The Morgan fingerprint density at radius 3 is 2.20 bits per heavy atom. The molecule has 5 heteroatoms. The summed E-state index contributed by atoms with van der Waals surface area (Å²) in [6.45, 7) is 6.26. The quantitative estimate of drug-likeness (QED) is 0.944. The first-order chi connectivity index (χ1) is 9.29. The number of hydrogen-bond donors (Lipinski definition) is 1. The normalized spacial score (nSPS) is 12.2. The molecule has 0 amide bonds. The van der Waals surface area contributed by atoms with Crippen molar-refractivity contribution in [2.45, 2.75) is 31.1 Å². The van der Waals surface area contributed by atoms with Gasteiger partial charge >= 0.3 is 0 Å². The van der Waals surface area contributed by atoms with Gasteiger partial charge in [-0.05, 0) is 35.2 Å². The molecule has 0 fully saturated rings. The van der Waals surface area contributed by atoms with Gasteiger partial charge in [-0.25, -0.2) is 8.42 Å². The molecule has 1 N–H and O–H groups in total. The largest absolute Gasteiger partial charge is 0.278 e. The Balaban J connectivity index is 2.27. The molecule has 106 valence electrons. The van der Waals surface area contributed by atoms with Crippen molar-refractivity contribution in [3.63, 3.8) is 0 Å². The van der Waals surface area contributed by atoms with Gasteiger partial charge in [0, 0.05) is 6.20 Å². The summed E-state index contributed by atoms with van der Waals surface area (Å²) in [7, 11) is -3.57. The van der Waals surface area contributed by atoms with Crippen LogP contribution < -0.4 is 4.72 Å². The van der Waals surface area contributed by atoms with Gasteiger partial charge in [-0.2, -0.15) is 0 Å². The molecule has 0 unspecified atom stereocenters. The van der Waals surface area contributed by atoms with E-state index in [4.69, 9.17) is 0 Å². The lowest BCUT2D eigenvalue weighted by Gasteiger charge is -2.19. The second-order valence-electron chi connectivity index (χ2n) is 5.62. The zero-order valence-corrected chi connectivity index (χ0v) is 12.6. The molecule has 0 aliphatic carbocycles. The summed E-state index contributed by atoms with van der Waals surface area (Å²) < 4.78 is 26.9. The maximum absolute atomic E-state index is 12.2. The van der Waals surface area contributed by atoms with Crippen LogP contribution in [-0.2, 0) is 15.4 Å². The Labute approximate surface area is 119 Å². The van der Waals surface area contributed by atoms with E-state index < -0.39 is 10.0 Å². The van der Waals surface area contributed by atoms with Gasteiger partial charge in [-0.3, -0.25) is 9.71 Å². The number of anilines is 1. The lowest BCUT2D eigenvalue weighted by molar-refractivity contribution is 0.587. The van der Waals surface area contributed by atoms with Crippen LogP contribution in [0.5, 0.6) is 0 Å². The molecule has 1 aromatic heterocycles. The summed E-state index contributed by atoms with van der Waals surface area (Å²) in [5, 5.41) is 0. The van der Waals surface area contributed by atoms with E-state index in [0.29, 0.717) is 5.69 Å². The highest BCUT2D eigenvalue weighted by Gasteiger charge is 2.17. The first-order valence-electron chi connectivity index (χ1n) is 6.32. The minimum Gasteiger partial charge on any atom is -0.278 e. The van der Waals surface area contributed by atoms with E-state index in [0.717, 1.165) is 5.56 Å². The van der Waals surface area contributed by atoms with E-state index in [1.165, 1.54) is 6.20 Å². The highest BCUT2D eigenvalue weighted by Crippen LogP contribution is 2.24. The number of nitrogens with one attached hydrogen (secondary N) is 1. The van der Waals surface area contributed by atoms with E-state index in [9.17, 15) is 8.42 Å². The van der Waals surface area contributed by atoms with E-state index in [1.807, 2.05) is 12.1 Å². The number of nitrogens with zero attached hydrogens (tertiary/aromatic N) is 1. The van der Waals surface area contributed by atoms with Crippen LogP contribution in [0, 0.1) is 0 Å². The average molecular weight is 290 g/mol. The van der Waals surface area contributed by atoms with E-state index in [2.05, 4.69) is 30.5 Å². The predicted molar refractivity (Wildman–Crippen MR) is 80.2 cm³/mol. The van der Waals surface area contributed by atoms with Gasteiger partial charge in [0.15, 0.2) is 0 Å². The maximum Gasteiger partial charge on any atom is 0.261 e. The van der Waals surface area contributed by atoms with E-state index in [-0.39, 0.29) is 10.3 Å². The van der Waals surface area contributed by atoms with Crippen LogP contribution in [0.4, 0.5) is 5.69 Å². The van der Waals surface area contributed by atoms with Gasteiger partial charge < -0.3 is 0 Å². The lowest BCUT2D eigenvalue weighted by Crippen LogP contribution is -2.14. The molecule has 20 heavy (non-hydrogen) atoms. The third-order valence-corrected chi connectivity index (χ3v) is 4.34. The van der Waals surface area contributed by atoms with Crippen molar-refractivity contribution in [2.75, 3.05) is 4.72 Å². The van der Waals surface area contributed by atoms with Crippen molar-refractivity contribution in [3.8, 4) is 0 Å². The number of sulfonamides is 1. The summed E-state index contributed by atoms with van der Waals surface area (Å²) in [5.74, 6) is 0. The van der Waals surface area contributed by atoms with Gasteiger partial charge in [0.05, 0.1) is 16.8 Å². The van der Waals surface area contributed by atoms with Crippen LogP contribution in [0.15, 0.2) is 53.7 Å². The molecule has 0 atom stereocenters. The van der Waals surface area contributed by atoms with Crippen LogP contribution >= 0.6 is 0 Å². The van der Waals surface area contributed by atoms with Crippen molar-refractivity contribution >= 4 is 15.7 Å². The maximum atomic E-state index is 12.2. The van der Waals surface area contributed by atoms with Gasteiger partial charge in [0.25, 0.3) is 10.0 Å². The van der Waals surface area contributed by atoms with Crippen LogP contribution in [0.25, 0.3) is 0 Å². The molecule has 0 saturated heterocycles. The Kier molecular flexibility index (Phi) is 3.81. The molecule has 4 nitrogen and oxygen atoms in total. The Morgan fingerprint density at radius 2 is 1.70 bits per heavy atom. The minimum absolute atomic E-state index is 0.000922. The number of hydrogen-bond acceptors (Lipinski definition) is 3. The Morgan fingerprint density at radius 1 is 1.05 bits per heavy atom. The number of aromatic nitrogens is 1. The van der Waals surface area contributed by atoms with Crippen molar-refractivity contribution in [2.24, 2.45) is 0 Å². The summed E-state index contributed by atoms with van der Waals surface area (Å²) in [6.07, 6.45) is 3.07. The highest BCUT2D eigenvalue weighted by molar-refractivity contribution is 7.92. The monoisotopic (exact) mass is 290 g/mol. The lowest BCUT2D eigenvalue weighted by atomic mass is 9.87.